The molecule has 0 amide bonds. The second-order valence-corrected chi connectivity index (χ2v) is 5.33. The molecule has 1 aliphatic carbocycles. The summed E-state index contributed by atoms with van der Waals surface area (Å²) in [6.45, 7) is 8.80. The van der Waals surface area contributed by atoms with Crippen LogP contribution in [0.4, 0.5) is 0 Å². The second-order valence-electron chi connectivity index (χ2n) is 5.33. The van der Waals surface area contributed by atoms with Crippen LogP contribution in [-0.4, -0.2) is 5.60 Å². The molecule has 0 radical (unpaired) electrons. The van der Waals surface area contributed by atoms with Crippen molar-refractivity contribution in [1.29, 1.82) is 0 Å². The summed E-state index contributed by atoms with van der Waals surface area (Å²) in [6, 6.07) is 0. The van der Waals surface area contributed by atoms with Gasteiger partial charge in [0.2, 0.25) is 0 Å². The highest BCUT2D eigenvalue weighted by Gasteiger charge is 2.40. The van der Waals surface area contributed by atoms with Gasteiger partial charge in [-0.05, 0) is 44.4 Å². The summed E-state index contributed by atoms with van der Waals surface area (Å²) in [5, 5.41) is 0. The molecular weight excluding hydrogens is 150 g/mol. The van der Waals surface area contributed by atoms with E-state index >= 15 is 0 Å². The topological polar surface area (TPSA) is 35.2 Å². The van der Waals surface area contributed by atoms with Crippen LogP contribution in [0.5, 0.6) is 0 Å². The average Bonchev–Trinajstić information content (AvgIpc) is 2.31. The molecule has 0 heterocycles. The van der Waals surface area contributed by atoms with Gasteiger partial charge in [-0.2, -0.15) is 0 Å². The lowest BCUT2D eigenvalue weighted by Crippen LogP contribution is -2.36. The fourth-order valence-electron chi connectivity index (χ4n) is 2.13. The molecule has 1 atom stereocenters. The van der Waals surface area contributed by atoms with Gasteiger partial charge in [0.15, 0.2) is 0 Å². The van der Waals surface area contributed by atoms with Crippen LogP contribution in [0.25, 0.3) is 0 Å². The fourth-order valence-corrected chi connectivity index (χ4v) is 2.13. The summed E-state index contributed by atoms with van der Waals surface area (Å²) in [4.78, 5) is 5.01. The number of nitrogens with two attached hydrogens (primary N) is 1. The van der Waals surface area contributed by atoms with E-state index in [0.717, 1.165) is 0 Å². The Hall–Kier alpha value is -0.0800. The molecule has 0 saturated heterocycles. The molecule has 0 bridgehead atoms. The summed E-state index contributed by atoms with van der Waals surface area (Å²) >= 11 is 0. The summed E-state index contributed by atoms with van der Waals surface area (Å²) in [5.74, 6) is 5.90. The minimum atomic E-state index is -0.145. The summed E-state index contributed by atoms with van der Waals surface area (Å²) in [7, 11) is 0. The van der Waals surface area contributed by atoms with Crippen molar-refractivity contribution < 1.29 is 4.84 Å². The third-order valence-electron chi connectivity index (χ3n) is 3.26. The first-order valence-electron chi connectivity index (χ1n) is 4.75. The molecule has 2 heteroatoms. The monoisotopic (exact) mass is 171 g/mol. The van der Waals surface area contributed by atoms with Gasteiger partial charge in [0.25, 0.3) is 0 Å². The fraction of sp³-hybridized carbons (Fsp3) is 1.00. The van der Waals surface area contributed by atoms with Gasteiger partial charge < -0.3 is 0 Å². The van der Waals surface area contributed by atoms with Crippen molar-refractivity contribution in [3.05, 3.63) is 0 Å². The standard InChI is InChI=1S/C10H21NO/c1-9(2)6-5-8(7-9)10(3,4)12-11/h8H,5-7,11H2,1-4H3. The van der Waals surface area contributed by atoms with Crippen molar-refractivity contribution in [2.24, 2.45) is 17.2 Å². The quantitative estimate of drug-likeness (QED) is 0.648. The van der Waals surface area contributed by atoms with Crippen LogP contribution in [0.15, 0.2) is 0 Å². The molecule has 1 fully saturated rings. The van der Waals surface area contributed by atoms with Crippen LogP contribution in [0.3, 0.4) is 0 Å². The highest BCUT2D eigenvalue weighted by molar-refractivity contribution is 4.90. The smallest absolute Gasteiger partial charge is 0.0866 e. The zero-order valence-electron chi connectivity index (χ0n) is 8.68. The van der Waals surface area contributed by atoms with Crippen LogP contribution in [-0.2, 0) is 4.84 Å². The van der Waals surface area contributed by atoms with E-state index in [1.54, 1.807) is 0 Å². The Morgan fingerprint density at radius 3 is 2.33 bits per heavy atom. The maximum Gasteiger partial charge on any atom is 0.0866 e. The highest BCUT2D eigenvalue weighted by atomic mass is 16.6. The van der Waals surface area contributed by atoms with Gasteiger partial charge in [0, 0.05) is 0 Å². The van der Waals surface area contributed by atoms with E-state index in [4.69, 9.17) is 10.7 Å². The van der Waals surface area contributed by atoms with Crippen molar-refractivity contribution in [3.63, 3.8) is 0 Å². The van der Waals surface area contributed by atoms with E-state index in [0.29, 0.717) is 11.3 Å². The average molecular weight is 171 g/mol. The zero-order chi connectivity index (χ0) is 9.41. The van der Waals surface area contributed by atoms with Gasteiger partial charge in [-0.1, -0.05) is 13.8 Å². The summed E-state index contributed by atoms with van der Waals surface area (Å²) in [5.41, 5.74) is 0.342. The highest BCUT2D eigenvalue weighted by Crippen LogP contribution is 2.45. The third kappa shape index (κ3) is 1.99. The van der Waals surface area contributed by atoms with Crippen molar-refractivity contribution in [2.75, 3.05) is 0 Å². The molecular formula is C10H21NO. The van der Waals surface area contributed by atoms with Crippen molar-refractivity contribution in [2.45, 2.75) is 52.6 Å². The van der Waals surface area contributed by atoms with Crippen LogP contribution in [0, 0.1) is 11.3 Å². The van der Waals surface area contributed by atoms with Crippen LogP contribution >= 0.6 is 0 Å². The third-order valence-corrected chi connectivity index (χ3v) is 3.26. The van der Waals surface area contributed by atoms with Gasteiger partial charge >= 0.3 is 0 Å². The number of hydrogen-bond donors (Lipinski definition) is 1. The molecule has 0 spiro atoms. The molecule has 2 N–H and O–H groups in total. The minimum absolute atomic E-state index is 0.145. The normalized spacial score (nSPS) is 29.2. The van der Waals surface area contributed by atoms with Crippen LogP contribution in [0.2, 0.25) is 0 Å². The maximum absolute atomic E-state index is 5.27. The Kier molecular flexibility index (Phi) is 2.50. The molecule has 2 nitrogen and oxygen atoms in total. The van der Waals surface area contributed by atoms with E-state index < -0.39 is 0 Å². The first-order valence-corrected chi connectivity index (χ1v) is 4.75. The van der Waals surface area contributed by atoms with E-state index in [1.807, 2.05) is 0 Å². The van der Waals surface area contributed by atoms with E-state index in [-0.39, 0.29) is 5.60 Å². The Morgan fingerprint density at radius 1 is 1.42 bits per heavy atom. The first-order chi connectivity index (χ1) is 5.37. The molecule has 0 aromatic carbocycles. The van der Waals surface area contributed by atoms with Gasteiger partial charge in [-0.25, -0.2) is 5.90 Å². The number of hydrogen-bond acceptors (Lipinski definition) is 2. The van der Waals surface area contributed by atoms with Crippen molar-refractivity contribution >= 4 is 0 Å². The molecule has 72 valence electrons. The van der Waals surface area contributed by atoms with Crippen LogP contribution in [0.1, 0.15) is 47.0 Å². The Morgan fingerprint density at radius 2 is 2.00 bits per heavy atom. The lowest BCUT2D eigenvalue weighted by atomic mass is 9.85. The Labute approximate surface area is 75.4 Å². The molecule has 1 rings (SSSR count). The van der Waals surface area contributed by atoms with Crippen LogP contribution < -0.4 is 5.90 Å². The predicted octanol–water partition coefficient (Wildman–Crippen LogP) is 2.48. The van der Waals surface area contributed by atoms with E-state index in [1.165, 1.54) is 19.3 Å². The molecule has 0 aromatic heterocycles. The largest absolute Gasteiger partial charge is 0.298 e. The van der Waals surface area contributed by atoms with Gasteiger partial charge in [0.1, 0.15) is 0 Å². The summed E-state index contributed by atoms with van der Waals surface area (Å²) < 4.78 is 0. The van der Waals surface area contributed by atoms with Crippen molar-refractivity contribution in [1.82, 2.24) is 0 Å². The van der Waals surface area contributed by atoms with Gasteiger partial charge in [-0.15, -0.1) is 0 Å². The molecule has 1 unspecified atom stereocenters. The molecule has 1 aliphatic rings. The van der Waals surface area contributed by atoms with Gasteiger partial charge in [-0.3, -0.25) is 4.84 Å². The molecule has 1 saturated carbocycles. The first kappa shape index (κ1) is 10.0. The molecule has 0 aliphatic heterocycles. The maximum atomic E-state index is 5.27. The lowest BCUT2D eigenvalue weighted by Gasteiger charge is -2.30. The second kappa shape index (κ2) is 3.00. The predicted molar refractivity (Wildman–Crippen MR) is 50.5 cm³/mol. The summed E-state index contributed by atoms with van der Waals surface area (Å²) in [6.07, 6.45) is 3.78. The van der Waals surface area contributed by atoms with E-state index in [9.17, 15) is 0 Å². The van der Waals surface area contributed by atoms with E-state index in [2.05, 4.69) is 27.7 Å². The zero-order valence-corrected chi connectivity index (χ0v) is 8.68. The minimum Gasteiger partial charge on any atom is -0.298 e. The van der Waals surface area contributed by atoms with Gasteiger partial charge in [0.05, 0.1) is 5.60 Å². The molecule has 0 aromatic rings. The SMILES string of the molecule is CC1(C)CCC(C(C)(C)ON)C1. The van der Waals surface area contributed by atoms with Crippen molar-refractivity contribution in [3.8, 4) is 0 Å². The lowest BCUT2D eigenvalue weighted by molar-refractivity contribution is -0.0632. The Bertz CT molecular complexity index is 163. The molecule has 12 heavy (non-hydrogen) atoms. The Balaban J connectivity index is 2.58. The number of rotatable bonds is 2.